The topological polar surface area (TPSA) is 30.2 Å². The zero-order valence-electron chi connectivity index (χ0n) is 18.7. The third kappa shape index (κ3) is 10.1. The molecular weight excluding hydrogens is 443 g/mol. The number of anilines is 1. The first-order chi connectivity index (χ1) is 13.7. The molecule has 0 amide bonds. The molecule has 1 aliphatic heterocycles. The molecule has 3 nitrogen and oxygen atoms in total. The van der Waals surface area contributed by atoms with Gasteiger partial charge in [0.2, 0.25) is 0 Å². The number of nitrogens with zero attached hydrogens (tertiary/aromatic N) is 3. The molecule has 3 aromatic rings. The second-order valence-corrected chi connectivity index (χ2v) is 5.99. The molecule has 2 heterocycles. The second-order valence-electron chi connectivity index (χ2n) is 5.99. The molecule has 4 heteroatoms. The van der Waals surface area contributed by atoms with Gasteiger partial charge in [-0.25, -0.2) is 0 Å². The van der Waals surface area contributed by atoms with Crippen molar-refractivity contribution >= 4 is 16.6 Å². The average molecular weight is 483 g/mol. The number of piperazine rings is 1. The van der Waals surface area contributed by atoms with Crippen molar-refractivity contribution in [2.24, 2.45) is 0 Å². The number of aromatic nitrogens is 1. The molecule has 0 bridgehead atoms. The number of pyridine rings is 1. The zero-order valence-corrected chi connectivity index (χ0v) is 21.6. The van der Waals surface area contributed by atoms with Crippen LogP contribution in [0.25, 0.3) is 16.2 Å². The number of fused-ring (bicyclic) bond motifs is 1. The molecule has 1 radical (unpaired) electrons. The van der Waals surface area contributed by atoms with Gasteiger partial charge in [0, 0.05) is 50.0 Å². The molecule has 0 N–H and O–H groups in total. The van der Waals surface area contributed by atoms with Gasteiger partial charge >= 0.3 is 0 Å². The Morgan fingerprint density at radius 1 is 0.900 bits per heavy atom. The summed E-state index contributed by atoms with van der Waals surface area (Å²) in [5.74, 6) is 0. The standard InChI is InChI=1S/C13H14N3.C8H9.2C2H6.CH4.Y/c1-4-12-11(3-2-6-15-12)13(5-1)16-9-7-14-8-10-16;1-7-4-3-5-8(2)6-7;2*1-2;;/h1-6H,7-10H2;3-6H,1H2,2H3;2*1-2H3;1H4;/q2*-1;;;;. The zero-order chi connectivity index (χ0) is 20.8. The Balaban J connectivity index is 0. The Hall–Kier alpha value is -1.42. The van der Waals surface area contributed by atoms with Gasteiger partial charge in [0.1, 0.15) is 0 Å². The summed E-state index contributed by atoms with van der Waals surface area (Å²) in [6, 6.07) is 18.6. The van der Waals surface area contributed by atoms with Gasteiger partial charge in [-0.1, -0.05) is 54.2 Å². The van der Waals surface area contributed by atoms with Gasteiger partial charge in [-0.2, -0.15) is 24.6 Å². The van der Waals surface area contributed by atoms with Gasteiger partial charge < -0.3 is 10.2 Å². The minimum Gasteiger partial charge on any atom is -0.659 e. The van der Waals surface area contributed by atoms with E-state index in [4.69, 9.17) is 0 Å². The average Bonchev–Trinajstić information content (AvgIpc) is 2.77. The fraction of sp³-hybridized carbons (Fsp3) is 0.385. The molecule has 0 saturated carbocycles. The largest absolute Gasteiger partial charge is 0.659 e. The molecule has 0 aliphatic carbocycles. The fourth-order valence-electron chi connectivity index (χ4n) is 2.92. The van der Waals surface area contributed by atoms with Crippen LogP contribution in [0.15, 0.2) is 60.8 Å². The Kier molecular flexibility index (Phi) is 18.8. The number of hydrogen-bond donors (Lipinski definition) is 0. The van der Waals surface area contributed by atoms with Crippen molar-refractivity contribution in [2.75, 3.05) is 31.1 Å². The maximum Gasteiger partial charge on any atom is 0.0722 e. The van der Waals surface area contributed by atoms with Crippen molar-refractivity contribution in [3.63, 3.8) is 0 Å². The molecule has 0 unspecified atom stereocenters. The predicted molar refractivity (Wildman–Crippen MR) is 132 cm³/mol. The van der Waals surface area contributed by atoms with Crippen LogP contribution in [0.4, 0.5) is 5.69 Å². The van der Waals surface area contributed by atoms with E-state index in [2.05, 4.69) is 65.4 Å². The van der Waals surface area contributed by atoms with Crippen LogP contribution in [-0.4, -0.2) is 31.2 Å². The molecule has 0 atom stereocenters. The summed E-state index contributed by atoms with van der Waals surface area (Å²) >= 11 is 0. The van der Waals surface area contributed by atoms with Gasteiger partial charge in [-0.3, -0.25) is 4.98 Å². The molecule has 1 saturated heterocycles. The van der Waals surface area contributed by atoms with Crippen molar-refractivity contribution in [1.29, 1.82) is 0 Å². The van der Waals surface area contributed by atoms with Crippen molar-refractivity contribution in [1.82, 2.24) is 4.98 Å². The maximum atomic E-state index is 4.39. The Morgan fingerprint density at radius 2 is 1.53 bits per heavy atom. The van der Waals surface area contributed by atoms with Crippen molar-refractivity contribution < 1.29 is 32.7 Å². The summed E-state index contributed by atoms with van der Waals surface area (Å²) < 4.78 is 0. The number of benzene rings is 2. The van der Waals surface area contributed by atoms with E-state index in [0.29, 0.717) is 0 Å². The monoisotopic (exact) mass is 482 g/mol. The smallest absolute Gasteiger partial charge is 0.0722 e. The maximum absolute atomic E-state index is 4.39. The van der Waals surface area contributed by atoms with Crippen molar-refractivity contribution in [3.8, 4) is 0 Å². The van der Waals surface area contributed by atoms with Gasteiger partial charge in [0.25, 0.3) is 0 Å². The fourth-order valence-corrected chi connectivity index (χ4v) is 2.92. The Bertz CT molecular complexity index is 776. The molecular formula is C26H39N3Y-2. The number of aryl methyl sites for hydroxylation is 1. The summed E-state index contributed by atoms with van der Waals surface area (Å²) in [4.78, 5) is 6.79. The molecule has 1 aliphatic rings. The summed E-state index contributed by atoms with van der Waals surface area (Å²) in [6.45, 7) is 17.8. The first-order valence-electron chi connectivity index (χ1n) is 10.3. The van der Waals surface area contributed by atoms with Crippen molar-refractivity contribution in [3.05, 3.63) is 84.2 Å². The van der Waals surface area contributed by atoms with Crippen LogP contribution in [0.2, 0.25) is 0 Å². The van der Waals surface area contributed by atoms with Crippen LogP contribution in [0.5, 0.6) is 0 Å². The SMILES string of the molecule is C.CC.CC.[CH2-]c1cccc(C)c1.[Y].c1cc(N2CC[N-]CC2)c2cccnc2c1. The minimum atomic E-state index is 0. The van der Waals surface area contributed by atoms with Gasteiger partial charge in [-0.15, -0.1) is 24.7 Å². The summed E-state index contributed by atoms with van der Waals surface area (Å²) in [6.07, 6.45) is 1.84. The van der Waals surface area contributed by atoms with E-state index < -0.39 is 0 Å². The van der Waals surface area contributed by atoms with Crippen LogP contribution in [0.3, 0.4) is 0 Å². The first kappa shape index (κ1) is 30.8. The number of rotatable bonds is 1. The van der Waals surface area contributed by atoms with Gasteiger partial charge in [0.05, 0.1) is 5.52 Å². The summed E-state index contributed by atoms with van der Waals surface area (Å²) in [5, 5.41) is 5.62. The molecule has 1 fully saturated rings. The number of hydrogen-bond acceptors (Lipinski definition) is 2. The predicted octanol–water partition coefficient (Wildman–Crippen LogP) is 7.29. The van der Waals surface area contributed by atoms with E-state index >= 15 is 0 Å². The molecule has 2 aromatic carbocycles. The normalized spacial score (nSPS) is 11.7. The summed E-state index contributed by atoms with van der Waals surface area (Å²) in [5.41, 5.74) is 4.73. The van der Waals surface area contributed by atoms with E-state index in [9.17, 15) is 0 Å². The van der Waals surface area contributed by atoms with Crippen LogP contribution < -0.4 is 4.90 Å². The molecule has 0 spiro atoms. The van der Waals surface area contributed by atoms with Crippen LogP contribution in [-0.2, 0) is 32.7 Å². The summed E-state index contributed by atoms with van der Waals surface area (Å²) in [7, 11) is 0. The van der Waals surface area contributed by atoms with E-state index in [-0.39, 0.29) is 40.1 Å². The molecule has 4 rings (SSSR count). The van der Waals surface area contributed by atoms with E-state index in [1.54, 1.807) is 0 Å². The molecule has 30 heavy (non-hydrogen) atoms. The van der Waals surface area contributed by atoms with Crippen LogP contribution >= 0.6 is 0 Å². The van der Waals surface area contributed by atoms with Gasteiger partial charge in [-0.05, 0) is 37.4 Å². The third-order valence-corrected chi connectivity index (χ3v) is 4.10. The van der Waals surface area contributed by atoms with E-state index in [0.717, 1.165) is 37.3 Å². The van der Waals surface area contributed by atoms with Crippen LogP contribution in [0.1, 0.15) is 46.2 Å². The second kappa shape index (κ2) is 18.4. The van der Waals surface area contributed by atoms with E-state index in [1.165, 1.54) is 16.6 Å². The van der Waals surface area contributed by atoms with Crippen LogP contribution in [0, 0.1) is 13.8 Å². The minimum absolute atomic E-state index is 0. The third-order valence-electron chi connectivity index (χ3n) is 4.10. The van der Waals surface area contributed by atoms with Crippen molar-refractivity contribution in [2.45, 2.75) is 42.0 Å². The molecule has 1 aromatic heterocycles. The Labute approximate surface area is 210 Å². The Morgan fingerprint density at radius 3 is 2.10 bits per heavy atom. The van der Waals surface area contributed by atoms with Gasteiger partial charge in [0.15, 0.2) is 0 Å². The quantitative estimate of drug-likeness (QED) is 0.341. The molecule has 163 valence electrons. The first-order valence-corrected chi connectivity index (χ1v) is 10.3. The van der Waals surface area contributed by atoms with E-state index in [1.807, 2.05) is 52.1 Å².